The van der Waals surface area contributed by atoms with Gasteiger partial charge in [-0.05, 0) is 22.7 Å². The normalized spacial score (nSPS) is 11.0. The molecule has 0 aliphatic rings. The molecule has 2 aromatic heterocycles. The third-order valence-corrected chi connectivity index (χ3v) is 4.09. The van der Waals surface area contributed by atoms with Crippen LogP contribution in [0.15, 0.2) is 67.0 Å². The summed E-state index contributed by atoms with van der Waals surface area (Å²) >= 11 is 6.16. The molecule has 4 nitrogen and oxygen atoms in total. The number of imidazole rings is 1. The van der Waals surface area contributed by atoms with E-state index in [-0.39, 0.29) is 5.28 Å². The van der Waals surface area contributed by atoms with Crippen LogP contribution in [-0.4, -0.2) is 19.5 Å². The van der Waals surface area contributed by atoms with E-state index in [4.69, 9.17) is 11.6 Å². The lowest BCUT2D eigenvalue weighted by atomic mass is 10.1. The lowest BCUT2D eigenvalue weighted by Crippen LogP contribution is -2.02. The van der Waals surface area contributed by atoms with Crippen LogP contribution in [0.1, 0.15) is 16.8 Å². The first kappa shape index (κ1) is 14.8. The predicted octanol–water partition coefficient (Wildman–Crippen LogP) is 4.12. The van der Waals surface area contributed by atoms with Crippen molar-refractivity contribution in [3.8, 4) is 0 Å². The van der Waals surface area contributed by atoms with Crippen LogP contribution in [0.5, 0.6) is 0 Å². The van der Waals surface area contributed by atoms with Gasteiger partial charge in [-0.1, -0.05) is 60.7 Å². The second-order valence-electron chi connectivity index (χ2n) is 5.63. The second-order valence-corrected chi connectivity index (χ2v) is 5.97. The lowest BCUT2D eigenvalue weighted by Gasteiger charge is -2.06. The minimum atomic E-state index is 0.253. The second kappa shape index (κ2) is 6.42. The Morgan fingerprint density at radius 2 is 1.50 bits per heavy atom. The molecule has 24 heavy (non-hydrogen) atoms. The van der Waals surface area contributed by atoms with Gasteiger partial charge in [0.1, 0.15) is 5.52 Å². The fourth-order valence-corrected chi connectivity index (χ4v) is 2.96. The largest absolute Gasteiger partial charge is 0.311 e. The van der Waals surface area contributed by atoms with Gasteiger partial charge < -0.3 is 4.57 Å². The molecule has 0 aliphatic heterocycles. The molecule has 0 radical (unpaired) electrons. The Hall–Kier alpha value is -2.72. The maximum Gasteiger partial charge on any atom is 0.224 e. The summed E-state index contributed by atoms with van der Waals surface area (Å²) in [6.07, 6.45) is 2.49. The molecular formula is C19H15ClN4. The molecule has 2 heterocycles. The number of rotatable bonds is 4. The molecule has 0 N–H and O–H groups in total. The highest BCUT2D eigenvalue weighted by Crippen LogP contribution is 2.20. The number of hydrogen-bond donors (Lipinski definition) is 0. The topological polar surface area (TPSA) is 43.6 Å². The molecule has 0 bridgehead atoms. The van der Waals surface area contributed by atoms with Gasteiger partial charge in [-0.15, -0.1) is 0 Å². The van der Waals surface area contributed by atoms with Crippen molar-refractivity contribution in [3.05, 3.63) is 89.1 Å². The zero-order valence-electron chi connectivity index (χ0n) is 12.9. The summed E-state index contributed by atoms with van der Waals surface area (Å²) in [5, 5.41) is 0.253. The van der Waals surface area contributed by atoms with Gasteiger partial charge >= 0.3 is 0 Å². The maximum atomic E-state index is 6.16. The first-order chi connectivity index (χ1) is 11.8. The van der Waals surface area contributed by atoms with Gasteiger partial charge in [0.2, 0.25) is 5.28 Å². The molecule has 118 valence electrons. The molecule has 0 saturated heterocycles. The molecule has 0 amide bonds. The summed E-state index contributed by atoms with van der Waals surface area (Å²) in [7, 11) is 0. The van der Waals surface area contributed by atoms with Crippen molar-refractivity contribution in [2.75, 3.05) is 0 Å². The average Bonchev–Trinajstić information content (AvgIpc) is 3.00. The molecule has 2 aromatic carbocycles. The van der Waals surface area contributed by atoms with Crippen molar-refractivity contribution in [1.82, 2.24) is 19.5 Å². The van der Waals surface area contributed by atoms with E-state index in [1.54, 1.807) is 6.33 Å². The molecule has 0 atom stereocenters. The molecule has 0 spiro atoms. The van der Waals surface area contributed by atoms with Crippen molar-refractivity contribution in [2.24, 2.45) is 0 Å². The van der Waals surface area contributed by atoms with E-state index >= 15 is 0 Å². The van der Waals surface area contributed by atoms with Crippen LogP contribution in [0.3, 0.4) is 0 Å². The Balaban J connectivity index is 1.74. The average molecular weight is 335 g/mol. The molecule has 0 saturated carbocycles. The molecule has 5 heteroatoms. The Morgan fingerprint density at radius 3 is 2.21 bits per heavy atom. The Bertz CT molecular complexity index is 965. The van der Waals surface area contributed by atoms with Gasteiger partial charge in [0.05, 0.1) is 18.6 Å². The van der Waals surface area contributed by atoms with Gasteiger partial charge in [0.25, 0.3) is 0 Å². The number of nitrogens with zero attached hydrogens (tertiary/aromatic N) is 4. The SMILES string of the molecule is Clc1nc(Cc2ccccc2)c2ncn(Cc3ccccc3)c2n1. The van der Waals surface area contributed by atoms with Gasteiger partial charge in [-0.25, -0.2) is 9.97 Å². The van der Waals surface area contributed by atoms with Gasteiger partial charge in [0.15, 0.2) is 5.65 Å². The van der Waals surface area contributed by atoms with Crippen molar-refractivity contribution in [2.45, 2.75) is 13.0 Å². The number of benzene rings is 2. The van der Waals surface area contributed by atoms with Gasteiger partial charge in [-0.2, -0.15) is 4.98 Å². The summed E-state index contributed by atoms with van der Waals surface area (Å²) in [6.45, 7) is 0.704. The summed E-state index contributed by atoms with van der Waals surface area (Å²) in [4.78, 5) is 13.3. The highest BCUT2D eigenvalue weighted by molar-refractivity contribution is 6.28. The van der Waals surface area contributed by atoms with Gasteiger partial charge in [0, 0.05) is 6.42 Å². The van der Waals surface area contributed by atoms with Crippen LogP contribution in [-0.2, 0) is 13.0 Å². The van der Waals surface area contributed by atoms with E-state index in [2.05, 4.69) is 39.2 Å². The Morgan fingerprint density at radius 1 is 0.833 bits per heavy atom. The molecule has 4 aromatic rings. The van der Waals surface area contributed by atoms with E-state index in [1.807, 2.05) is 41.0 Å². The number of aromatic nitrogens is 4. The van der Waals surface area contributed by atoms with E-state index in [1.165, 1.54) is 11.1 Å². The van der Waals surface area contributed by atoms with Crippen LogP contribution in [0.4, 0.5) is 0 Å². The minimum Gasteiger partial charge on any atom is -0.311 e. The number of halogens is 1. The predicted molar refractivity (Wildman–Crippen MR) is 95.1 cm³/mol. The van der Waals surface area contributed by atoms with E-state index < -0.39 is 0 Å². The van der Waals surface area contributed by atoms with E-state index in [0.29, 0.717) is 13.0 Å². The smallest absolute Gasteiger partial charge is 0.224 e. The van der Waals surface area contributed by atoms with Crippen molar-refractivity contribution >= 4 is 22.8 Å². The third-order valence-electron chi connectivity index (χ3n) is 3.92. The molecule has 0 fully saturated rings. The molecule has 4 rings (SSSR count). The van der Waals surface area contributed by atoms with Crippen LogP contribution >= 0.6 is 11.6 Å². The first-order valence-corrected chi connectivity index (χ1v) is 8.12. The van der Waals surface area contributed by atoms with Crippen LogP contribution in [0.25, 0.3) is 11.2 Å². The monoisotopic (exact) mass is 334 g/mol. The standard InChI is InChI=1S/C19H15ClN4/c20-19-22-16(11-14-7-3-1-4-8-14)17-18(23-19)24(13-21-17)12-15-9-5-2-6-10-15/h1-10,13H,11-12H2. The van der Waals surface area contributed by atoms with Crippen LogP contribution < -0.4 is 0 Å². The van der Waals surface area contributed by atoms with E-state index in [0.717, 1.165) is 16.9 Å². The number of fused-ring (bicyclic) bond motifs is 1. The fraction of sp³-hybridized carbons (Fsp3) is 0.105. The Kier molecular flexibility index (Phi) is 3.97. The van der Waals surface area contributed by atoms with Crippen LogP contribution in [0, 0.1) is 0 Å². The highest BCUT2D eigenvalue weighted by atomic mass is 35.5. The van der Waals surface area contributed by atoms with E-state index in [9.17, 15) is 0 Å². The van der Waals surface area contributed by atoms with Gasteiger partial charge in [-0.3, -0.25) is 0 Å². The van der Waals surface area contributed by atoms with Crippen molar-refractivity contribution in [1.29, 1.82) is 0 Å². The maximum absolute atomic E-state index is 6.16. The first-order valence-electron chi connectivity index (χ1n) is 7.75. The quantitative estimate of drug-likeness (QED) is 0.527. The highest BCUT2D eigenvalue weighted by Gasteiger charge is 2.13. The summed E-state index contributed by atoms with van der Waals surface area (Å²) in [5.74, 6) is 0. The fourth-order valence-electron chi connectivity index (χ4n) is 2.78. The lowest BCUT2D eigenvalue weighted by molar-refractivity contribution is 0.812. The molecular weight excluding hydrogens is 320 g/mol. The van der Waals surface area contributed by atoms with Crippen molar-refractivity contribution < 1.29 is 0 Å². The van der Waals surface area contributed by atoms with Crippen molar-refractivity contribution in [3.63, 3.8) is 0 Å². The Labute approximate surface area is 144 Å². The zero-order valence-corrected chi connectivity index (χ0v) is 13.7. The van der Waals surface area contributed by atoms with Crippen LogP contribution in [0.2, 0.25) is 5.28 Å². The zero-order chi connectivity index (χ0) is 16.4. The summed E-state index contributed by atoms with van der Waals surface area (Å²) in [6, 6.07) is 20.4. The minimum absolute atomic E-state index is 0.253. The molecule has 0 aliphatic carbocycles. The summed E-state index contributed by atoms with van der Waals surface area (Å²) in [5.41, 5.74) is 4.79. The third kappa shape index (κ3) is 3.01. The number of hydrogen-bond acceptors (Lipinski definition) is 3. The molecule has 0 unspecified atom stereocenters. The summed E-state index contributed by atoms with van der Waals surface area (Å²) < 4.78 is 2.01.